The highest BCUT2D eigenvalue weighted by Gasteiger charge is 2.10. The van der Waals surface area contributed by atoms with E-state index in [9.17, 15) is 4.79 Å². The summed E-state index contributed by atoms with van der Waals surface area (Å²) in [6, 6.07) is 7.22. The molecule has 0 radical (unpaired) electrons. The van der Waals surface area contributed by atoms with E-state index in [1.54, 1.807) is 18.3 Å². The van der Waals surface area contributed by atoms with Crippen LogP contribution in [-0.4, -0.2) is 21.0 Å². The first-order chi connectivity index (χ1) is 11.6. The Morgan fingerprint density at radius 2 is 2.12 bits per heavy atom. The fourth-order valence-electron chi connectivity index (χ4n) is 2.07. The van der Waals surface area contributed by atoms with E-state index >= 15 is 0 Å². The Balaban J connectivity index is 1.48. The molecule has 0 unspecified atom stereocenters. The molecule has 2 aromatic heterocycles. The van der Waals surface area contributed by atoms with Crippen LogP contribution in [0.1, 0.15) is 23.6 Å². The summed E-state index contributed by atoms with van der Waals surface area (Å²) in [5.41, 5.74) is 0.839. The topological polar surface area (TPSA) is 80.9 Å². The fourth-order valence-corrected chi connectivity index (χ4v) is 2.87. The maximum atomic E-state index is 11.8. The van der Waals surface area contributed by atoms with Crippen LogP contribution in [0.25, 0.3) is 11.4 Å². The quantitative estimate of drug-likeness (QED) is 0.713. The van der Waals surface area contributed by atoms with E-state index in [4.69, 9.17) is 16.1 Å². The van der Waals surface area contributed by atoms with Gasteiger partial charge in [-0.25, -0.2) is 4.98 Å². The van der Waals surface area contributed by atoms with Crippen LogP contribution in [0.3, 0.4) is 0 Å². The Hall–Kier alpha value is -2.25. The SMILES string of the molecule is Cc1cnc(NC(=O)CCCc2nc(-c3ccc(Cl)cc3)no2)s1. The minimum absolute atomic E-state index is 0.0678. The molecule has 1 amide bonds. The Labute approximate surface area is 147 Å². The molecule has 0 aliphatic carbocycles. The van der Waals surface area contributed by atoms with Crippen LogP contribution < -0.4 is 5.32 Å². The van der Waals surface area contributed by atoms with Crippen molar-refractivity contribution >= 4 is 34.0 Å². The number of nitrogens with zero attached hydrogens (tertiary/aromatic N) is 3. The molecule has 3 aromatic rings. The van der Waals surface area contributed by atoms with Gasteiger partial charge < -0.3 is 9.84 Å². The number of hydrogen-bond acceptors (Lipinski definition) is 6. The molecule has 8 heteroatoms. The van der Waals surface area contributed by atoms with Crippen LogP contribution in [0.2, 0.25) is 5.02 Å². The number of halogens is 1. The Morgan fingerprint density at radius 3 is 2.83 bits per heavy atom. The summed E-state index contributed by atoms with van der Waals surface area (Å²) in [5.74, 6) is 0.962. The van der Waals surface area contributed by atoms with Crippen LogP contribution in [0.4, 0.5) is 5.13 Å². The first-order valence-electron chi connectivity index (χ1n) is 7.41. The largest absolute Gasteiger partial charge is 0.339 e. The Kier molecular flexibility index (Phi) is 5.22. The standard InChI is InChI=1S/C16H15ClN4O2S/c1-10-9-18-16(24-10)19-13(22)3-2-4-14-20-15(21-23-14)11-5-7-12(17)8-6-11/h5-9H,2-4H2,1H3,(H,18,19,22). The lowest BCUT2D eigenvalue weighted by molar-refractivity contribution is -0.116. The lowest BCUT2D eigenvalue weighted by atomic mass is 10.2. The molecule has 1 N–H and O–H groups in total. The normalized spacial score (nSPS) is 10.8. The summed E-state index contributed by atoms with van der Waals surface area (Å²) in [4.78, 5) is 21.3. The molecule has 0 bridgehead atoms. The van der Waals surface area contributed by atoms with Crippen molar-refractivity contribution in [3.8, 4) is 11.4 Å². The lowest BCUT2D eigenvalue weighted by Gasteiger charge is -1.99. The van der Waals surface area contributed by atoms with Gasteiger partial charge in [0.05, 0.1) is 0 Å². The molecule has 0 aliphatic rings. The number of carbonyl (C=O) groups is 1. The molecule has 0 fully saturated rings. The molecule has 0 spiro atoms. The minimum atomic E-state index is -0.0678. The highest BCUT2D eigenvalue weighted by molar-refractivity contribution is 7.15. The van der Waals surface area contributed by atoms with Gasteiger partial charge >= 0.3 is 0 Å². The lowest BCUT2D eigenvalue weighted by Crippen LogP contribution is -2.11. The third-order valence-electron chi connectivity index (χ3n) is 3.23. The second kappa shape index (κ2) is 7.55. The number of aromatic nitrogens is 3. The van der Waals surface area contributed by atoms with Crippen molar-refractivity contribution < 1.29 is 9.32 Å². The van der Waals surface area contributed by atoms with Gasteiger partial charge in [0.1, 0.15) is 0 Å². The molecule has 1 aromatic carbocycles. The molecule has 124 valence electrons. The van der Waals surface area contributed by atoms with E-state index in [0.717, 1.165) is 10.4 Å². The number of aryl methyl sites for hydroxylation is 2. The van der Waals surface area contributed by atoms with E-state index in [0.29, 0.717) is 41.1 Å². The molecule has 2 heterocycles. The van der Waals surface area contributed by atoms with Gasteiger partial charge in [0.15, 0.2) is 5.13 Å². The monoisotopic (exact) mass is 362 g/mol. The average Bonchev–Trinajstić information content (AvgIpc) is 3.17. The Bertz CT molecular complexity index is 829. The van der Waals surface area contributed by atoms with Crippen molar-refractivity contribution in [3.63, 3.8) is 0 Å². The minimum Gasteiger partial charge on any atom is -0.339 e. The zero-order valence-corrected chi connectivity index (χ0v) is 14.5. The number of benzene rings is 1. The molecular weight excluding hydrogens is 348 g/mol. The molecule has 6 nitrogen and oxygen atoms in total. The third kappa shape index (κ3) is 4.39. The van der Waals surface area contributed by atoms with Gasteiger partial charge in [0, 0.05) is 34.5 Å². The van der Waals surface area contributed by atoms with Gasteiger partial charge in [-0.05, 0) is 37.6 Å². The summed E-state index contributed by atoms with van der Waals surface area (Å²) in [7, 11) is 0. The van der Waals surface area contributed by atoms with Gasteiger partial charge in [-0.15, -0.1) is 11.3 Å². The van der Waals surface area contributed by atoms with Crippen molar-refractivity contribution in [1.82, 2.24) is 15.1 Å². The van der Waals surface area contributed by atoms with Crippen LogP contribution in [0, 0.1) is 6.92 Å². The predicted molar refractivity (Wildman–Crippen MR) is 93.2 cm³/mol. The molecule has 3 rings (SSSR count). The van der Waals surface area contributed by atoms with Crippen molar-refractivity contribution in [2.24, 2.45) is 0 Å². The maximum absolute atomic E-state index is 11.8. The molecular formula is C16H15ClN4O2S. The van der Waals surface area contributed by atoms with Crippen LogP contribution >= 0.6 is 22.9 Å². The highest BCUT2D eigenvalue weighted by Crippen LogP contribution is 2.19. The van der Waals surface area contributed by atoms with Gasteiger partial charge in [0.2, 0.25) is 17.6 Å². The van der Waals surface area contributed by atoms with Crippen LogP contribution in [0.15, 0.2) is 35.0 Å². The van der Waals surface area contributed by atoms with E-state index in [-0.39, 0.29) is 5.91 Å². The number of thiazole rings is 1. The van der Waals surface area contributed by atoms with Gasteiger partial charge in [-0.2, -0.15) is 4.98 Å². The third-order valence-corrected chi connectivity index (χ3v) is 4.31. The summed E-state index contributed by atoms with van der Waals surface area (Å²) >= 11 is 7.31. The number of amides is 1. The van der Waals surface area contributed by atoms with E-state index in [1.165, 1.54) is 11.3 Å². The maximum Gasteiger partial charge on any atom is 0.226 e. The number of anilines is 1. The first-order valence-corrected chi connectivity index (χ1v) is 8.60. The number of carbonyl (C=O) groups excluding carboxylic acids is 1. The average molecular weight is 363 g/mol. The van der Waals surface area contributed by atoms with E-state index < -0.39 is 0 Å². The zero-order valence-electron chi connectivity index (χ0n) is 13.0. The molecule has 0 aliphatic heterocycles. The molecule has 0 saturated carbocycles. The second-order valence-electron chi connectivity index (χ2n) is 5.20. The second-order valence-corrected chi connectivity index (χ2v) is 6.87. The molecule has 24 heavy (non-hydrogen) atoms. The summed E-state index contributed by atoms with van der Waals surface area (Å²) < 4.78 is 5.22. The molecule has 0 atom stereocenters. The summed E-state index contributed by atoms with van der Waals surface area (Å²) in [6.45, 7) is 1.95. The molecule has 0 saturated heterocycles. The number of nitrogens with one attached hydrogen (secondary N) is 1. The smallest absolute Gasteiger partial charge is 0.226 e. The highest BCUT2D eigenvalue weighted by atomic mass is 35.5. The predicted octanol–water partition coefficient (Wildman–Crippen LogP) is 4.12. The zero-order chi connectivity index (χ0) is 16.9. The first kappa shape index (κ1) is 16.6. The van der Waals surface area contributed by atoms with Crippen molar-refractivity contribution in [1.29, 1.82) is 0 Å². The van der Waals surface area contributed by atoms with E-state index in [1.807, 2.05) is 19.1 Å². The van der Waals surface area contributed by atoms with Crippen LogP contribution in [-0.2, 0) is 11.2 Å². The fraction of sp³-hybridized carbons (Fsp3) is 0.250. The summed E-state index contributed by atoms with van der Waals surface area (Å²) in [6.07, 6.45) is 3.28. The van der Waals surface area contributed by atoms with Gasteiger partial charge in [-0.1, -0.05) is 16.8 Å². The number of hydrogen-bond donors (Lipinski definition) is 1. The van der Waals surface area contributed by atoms with Crippen LogP contribution in [0.5, 0.6) is 0 Å². The van der Waals surface area contributed by atoms with Crippen molar-refractivity contribution in [2.45, 2.75) is 26.2 Å². The van der Waals surface area contributed by atoms with Gasteiger partial charge in [-0.3, -0.25) is 4.79 Å². The van der Waals surface area contributed by atoms with Gasteiger partial charge in [0.25, 0.3) is 0 Å². The summed E-state index contributed by atoms with van der Waals surface area (Å²) in [5, 5.41) is 8.00. The van der Waals surface area contributed by atoms with Crippen molar-refractivity contribution in [3.05, 3.63) is 46.3 Å². The van der Waals surface area contributed by atoms with E-state index in [2.05, 4.69) is 20.4 Å². The Morgan fingerprint density at radius 1 is 1.33 bits per heavy atom. The van der Waals surface area contributed by atoms with Crippen molar-refractivity contribution in [2.75, 3.05) is 5.32 Å². The number of rotatable bonds is 6.